The molecule has 2 aliphatic rings. The van der Waals surface area contributed by atoms with Crippen molar-refractivity contribution in [2.75, 3.05) is 4.90 Å². The molecule has 9 aromatic rings. The highest BCUT2D eigenvalue weighted by molar-refractivity contribution is 6.19. The molecule has 0 N–H and O–H groups in total. The summed E-state index contributed by atoms with van der Waals surface area (Å²) in [4.78, 5) is 2.47. The Morgan fingerprint density at radius 2 is 1.14 bits per heavy atom. The second-order valence-corrected chi connectivity index (χ2v) is 15.5. The lowest BCUT2D eigenvalue weighted by molar-refractivity contribution is 0.737. The van der Waals surface area contributed by atoms with E-state index < -0.39 is 5.41 Å². The lowest BCUT2D eigenvalue weighted by Gasteiger charge is -2.40. The third-order valence-electron chi connectivity index (χ3n) is 12.5. The molecular weight excluding hydrogens is 677 g/mol. The van der Waals surface area contributed by atoms with Crippen LogP contribution < -0.4 is 4.90 Å². The van der Waals surface area contributed by atoms with E-state index in [4.69, 9.17) is 0 Å². The number of aromatic nitrogens is 1. The fraction of sp³-hybridized carbons (Fsp3) is 0.0741. The zero-order chi connectivity index (χ0) is 37.7. The van der Waals surface area contributed by atoms with Crippen LogP contribution in [0.5, 0.6) is 0 Å². The highest BCUT2D eigenvalue weighted by Crippen LogP contribution is 2.64. The monoisotopic (exact) mass is 716 g/mol. The van der Waals surface area contributed by atoms with Crippen molar-refractivity contribution in [3.63, 3.8) is 0 Å². The van der Waals surface area contributed by atoms with Gasteiger partial charge in [0, 0.05) is 33.2 Å². The van der Waals surface area contributed by atoms with Crippen molar-refractivity contribution in [3.05, 3.63) is 216 Å². The molecule has 266 valence electrons. The van der Waals surface area contributed by atoms with Crippen LogP contribution in [0.25, 0.3) is 60.2 Å². The highest BCUT2D eigenvalue weighted by Gasteiger charge is 2.51. The molecule has 1 aromatic heterocycles. The summed E-state index contributed by atoms with van der Waals surface area (Å²) in [6.45, 7) is 10.8. The van der Waals surface area contributed by atoms with Crippen molar-refractivity contribution in [2.24, 2.45) is 0 Å². The lowest BCUT2D eigenvalue weighted by atomic mass is 9.65. The van der Waals surface area contributed by atoms with E-state index in [-0.39, 0.29) is 0 Å². The van der Waals surface area contributed by atoms with Gasteiger partial charge in [-0.1, -0.05) is 151 Å². The first kappa shape index (κ1) is 32.5. The molecule has 1 unspecified atom stereocenters. The molecule has 0 radical (unpaired) electrons. The van der Waals surface area contributed by atoms with E-state index in [1.54, 1.807) is 0 Å². The normalized spacial score (nSPS) is 15.8. The second kappa shape index (κ2) is 12.1. The fourth-order valence-corrected chi connectivity index (χ4v) is 10.1. The summed E-state index contributed by atoms with van der Waals surface area (Å²) >= 11 is 0. The van der Waals surface area contributed by atoms with Gasteiger partial charge in [-0.3, -0.25) is 0 Å². The number of rotatable bonds is 5. The van der Waals surface area contributed by atoms with Crippen LogP contribution in [0, 0.1) is 13.8 Å². The standard InChI is InChI=1S/C54H40N2/c1-5-6-21-48-36(4)54(46-20-13-19-44-42-17-11-12-22-49(42)56(48)53(44)46)45-32-27-37-14-7-8-15-40(37)51(45)52-43-18-10-9-16-41(43)50(33-47(52)54)55(38-28-23-34(2)24-29-38)39-30-25-35(3)26-31-39/h5-33H,1H2,2-4H3/b21-6-. The van der Waals surface area contributed by atoms with Crippen LogP contribution in [-0.4, -0.2) is 4.57 Å². The number of anilines is 3. The summed E-state index contributed by atoms with van der Waals surface area (Å²) in [7, 11) is 0. The molecule has 1 aliphatic carbocycles. The largest absolute Gasteiger partial charge is 0.310 e. The molecule has 56 heavy (non-hydrogen) atoms. The van der Waals surface area contributed by atoms with Crippen LogP contribution in [0.15, 0.2) is 188 Å². The molecule has 1 aliphatic heterocycles. The first-order valence-electron chi connectivity index (χ1n) is 19.6. The molecule has 0 fully saturated rings. The minimum Gasteiger partial charge on any atom is -0.310 e. The highest BCUT2D eigenvalue weighted by atomic mass is 15.1. The summed E-state index contributed by atoms with van der Waals surface area (Å²) in [6, 6.07) is 59.1. The summed E-state index contributed by atoms with van der Waals surface area (Å²) in [5, 5.41) is 7.55. The van der Waals surface area contributed by atoms with E-state index in [0.29, 0.717) is 0 Å². The van der Waals surface area contributed by atoms with E-state index in [1.165, 1.54) is 93.6 Å². The fourth-order valence-electron chi connectivity index (χ4n) is 10.1. The number of allylic oxidation sites excluding steroid dienone is 5. The predicted molar refractivity (Wildman–Crippen MR) is 239 cm³/mol. The number of para-hydroxylation sites is 2. The van der Waals surface area contributed by atoms with Gasteiger partial charge in [-0.05, 0) is 113 Å². The van der Waals surface area contributed by atoms with Gasteiger partial charge in [0.05, 0.1) is 22.1 Å². The van der Waals surface area contributed by atoms with Crippen molar-refractivity contribution >= 4 is 66.1 Å². The number of benzene rings is 8. The Morgan fingerprint density at radius 1 is 0.536 bits per heavy atom. The Labute approximate surface area is 327 Å². The van der Waals surface area contributed by atoms with Gasteiger partial charge >= 0.3 is 0 Å². The van der Waals surface area contributed by atoms with E-state index in [1.807, 2.05) is 6.08 Å². The van der Waals surface area contributed by atoms with Crippen LogP contribution in [0.4, 0.5) is 17.1 Å². The van der Waals surface area contributed by atoms with Crippen LogP contribution >= 0.6 is 0 Å². The molecule has 2 nitrogen and oxygen atoms in total. The average Bonchev–Trinajstić information content (AvgIpc) is 3.73. The number of nitrogens with zero attached hydrogens (tertiary/aromatic N) is 2. The van der Waals surface area contributed by atoms with Crippen molar-refractivity contribution in [1.82, 2.24) is 4.57 Å². The topological polar surface area (TPSA) is 8.17 Å². The Balaban J connectivity index is 1.37. The Bertz CT molecular complexity index is 3130. The van der Waals surface area contributed by atoms with Gasteiger partial charge in [-0.15, -0.1) is 0 Å². The Morgan fingerprint density at radius 3 is 1.86 bits per heavy atom. The van der Waals surface area contributed by atoms with Gasteiger partial charge < -0.3 is 9.47 Å². The molecule has 1 spiro atoms. The van der Waals surface area contributed by atoms with Crippen molar-refractivity contribution in [3.8, 4) is 11.1 Å². The third kappa shape index (κ3) is 4.27. The molecule has 2 heterocycles. The van der Waals surface area contributed by atoms with Gasteiger partial charge in [0.2, 0.25) is 0 Å². The zero-order valence-corrected chi connectivity index (χ0v) is 31.8. The van der Waals surface area contributed by atoms with E-state index >= 15 is 0 Å². The van der Waals surface area contributed by atoms with Crippen molar-refractivity contribution in [2.45, 2.75) is 26.2 Å². The summed E-state index contributed by atoms with van der Waals surface area (Å²) in [6.07, 6.45) is 6.27. The SMILES string of the molecule is C=C/C=C\C1=C(C)C2(c3ccc4ccccc4c3-c3c2cc(N(c2ccc(C)cc2)c2ccc(C)cc2)c2ccccc32)c2cccc3c4ccccc4n1c23. The maximum absolute atomic E-state index is 4.12. The van der Waals surface area contributed by atoms with E-state index in [0.717, 1.165) is 17.1 Å². The molecule has 0 saturated heterocycles. The van der Waals surface area contributed by atoms with E-state index in [2.05, 4.69) is 207 Å². The summed E-state index contributed by atoms with van der Waals surface area (Å²) in [5.74, 6) is 0. The van der Waals surface area contributed by atoms with Crippen molar-refractivity contribution < 1.29 is 0 Å². The van der Waals surface area contributed by atoms with Gasteiger partial charge in [0.25, 0.3) is 0 Å². The van der Waals surface area contributed by atoms with E-state index in [9.17, 15) is 0 Å². The molecular formula is C54H40N2. The first-order chi connectivity index (χ1) is 27.5. The lowest BCUT2D eigenvalue weighted by Crippen LogP contribution is -2.33. The molecule has 1 atom stereocenters. The van der Waals surface area contributed by atoms with Gasteiger partial charge in [-0.2, -0.15) is 0 Å². The van der Waals surface area contributed by atoms with Gasteiger partial charge in [0.15, 0.2) is 0 Å². The van der Waals surface area contributed by atoms with Gasteiger partial charge in [0.1, 0.15) is 0 Å². The predicted octanol–water partition coefficient (Wildman–Crippen LogP) is 14.5. The summed E-state index contributed by atoms with van der Waals surface area (Å²) in [5.41, 5.74) is 16.9. The molecule has 2 heteroatoms. The van der Waals surface area contributed by atoms with Crippen LogP contribution in [0.1, 0.15) is 34.7 Å². The number of hydrogen-bond acceptors (Lipinski definition) is 1. The maximum atomic E-state index is 4.12. The third-order valence-corrected chi connectivity index (χ3v) is 12.5. The average molecular weight is 717 g/mol. The minimum atomic E-state index is -0.593. The number of fused-ring (bicyclic) bond motifs is 13. The Hall–Kier alpha value is -6.90. The van der Waals surface area contributed by atoms with Gasteiger partial charge in [-0.25, -0.2) is 0 Å². The first-order valence-corrected chi connectivity index (χ1v) is 19.6. The minimum absolute atomic E-state index is 0.593. The quantitative estimate of drug-likeness (QED) is 0.161. The van der Waals surface area contributed by atoms with Crippen molar-refractivity contribution in [1.29, 1.82) is 0 Å². The van der Waals surface area contributed by atoms with Crippen LogP contribution in [0.2, 0.25) is 0 Å². The molecule has 8 aromatic carbocycles. The molecule has 0 saturated carbocycles. The Kier molecular flexibility index (Phi) is 7.00. The molecule has 11 rings (SSSR count). The number of hydrogen-bond donors (Lipinski definition) is 0. The van der Waals surface area contributed by atoms with Crippen LogP contribution in [0.3, 0.4) is 0 Å². The molecule has 0 bridgehead atoms. The smallest absolute Gasteiger partial charge is 0.0715 e. The van der Waals surface area contributed by atoms with Crippen LogP contribution in [-0.2, 0) is 5.41 Å². The molecule has 0 amide bonds. The maximum Gasteiger partial charge on any atom is 0.0715 e. The second-order valence-electron chi connectivity index (χ2n) is 15.5. The summed E-state index contributed by atoms with van der Waals surface area (Å²) < 4.78 is 2.51. The zero-order valence-electron chi connectivity index (χ0n) is 31.8. The number of aryl methyl sites for hydroxylation is 2.